The molecule has 0 saturated carbocycles. The first-order valence-electron chi connectivity index (χ1n) is 8.17. The van der Waals surface area contributed by atoms with Gasteiger partial charge in [0.15, 0.2) is 11.5 Å². The Labute approximate surface area is 127 Å². The Hall–Kier alpha value is -1.26. The van der Waals surface area contributed by atoms with Gasteiger partial charge < -0.3 is 20.1 Å². The van der Waals surface area contributed by atoms with Gasteiger partial charge in [-0.25, -0.2) is 0 Å². The van der Waals surface area contributed by atoms with Crippen LogP contribution in [0.2, 0.25) is 0 Å². The lowest BCUT2D eigenvalue weighted by atomic mass is 9.85. The molecular weight excluding hydrogens is 264 g/mol. The third-order valence-electron chi connectivity index (χ3n) is 4.78. The standard InChI is InChI=1S/C17H26N2O2/c1-2-19-8-4-3-5-15(19)14(12-18)13-6-7-16-17(11-13)21-10-9-20-16/h6-7,11,14-15H,2-5,8-10,12,18H2,1H3. The van der Waals surface area contributed by atoms with Gasteiger partial charge in [-0.05, 0) is 43.6 Å². The summed E-state index contributed by atoms with van der Waals surface area (Å²) in [5, 5.41) is 0. The van der Waals surface area contributed by atoms with Crippen molar-refractivity contribution in [3.05, 3.63) is 23.8 Å². The minimum atomic E-state index is 0.376. The van der Waals surface area contributed by atoms with Crippen molar-refractivity contribution < 1.29 is 9.47 Å². The molecule has 2 unspecified atom stereocenters. The Morgan fingerprint density at radius 3 is 2.81 bits per heavy atom. The number of nitrogens with zero attached hydrogens (tertiary/aromatic N) is 1. The Balaban J connectivity index is 1.85. The van der Waals surface area contributed by atoms with Crippen LogP contribution in [0.4, 0.5) is 0 Å². The predicted molar refractivity (Wildman–Crippen MR) is 84.1 cm³/mol. The van der Waals surface area contributed by atoms with Crippen molar-refractivity contribution in [1.82, 2.24) is 4.90 Å². The topological polar surface area (TPSA) is 47.7 Å². The van der Waals surface area contributed by atoms with Crippen molar-refractivity contribution in [2.75, 3.05) is 32.8 Å². The van der Waals surface area contributed by atoms with Gasteiger partial charge in [-0.3, -0.25) is 0 Å². The molecule has 0 radical (unpaired) electrons. The lowest BCUT2D eigenvalue weighted by molar-refractivity contribution is 0.133. The monoisotopic (exact) mass is 290 g/mol. The molecule has 1 saturated heterocycles. The number of ether oxygens (including phenoxy) is 2. The van der Waals surface area contributed by atoms with E-state index in [4.69, 9.17) is 15.2 Å². The Kier molecular flexibility index (Phi) is 4.66. The highest BCUT2D eigenvalue weighted by molar-refractivity contribution is 5.45. The van der Waals surface area contributed by atoms with Crippen molar-refractivity contribution in [3.8, 4) is 11.5 Å². The molecule has 0 bridgehead atoms. The summed E-state index contributed by atoms with van der Waals surface area (Å²) in [6, 6.07) is 6.88. The molecule has 2 heterocycles. The van der Waals surface area contributed by atoms with E-state index in [1.165, 1.54) is 31.4 Å². The molecule has 2 atom stereocenters. The maximum Gasteiger partial charge on any atom is 0.161 e. The zero-order chi connectivity index (χ0) is 14.7. The van der Waals surface area contributed by atoms with Crippen LogP contribution in [0, 0.1) is 0 Å². The normalized spacial score (nSPS) is 23.8. The first-order chi connectivity index (χ1) is 10.3. The van der Waals surface area contributed by atoms with Crippen LogP contribution in [0.25, 0.3) is 0 Å². The van der Waals surface area contributed by atoms with E-state index in [2.05, 4.69) is 24.0 Å². The van der Waals surface area contributed by atoms with Crippen molar-refractivity contribution in [1.29, 1.82) is 0 Å². The molecule has 1 aromatic carbocycles. The highest BCUT2D eigenvalue weighted by Gasteiger charge is 2.30. The minimum Gasteiger partial charge on any atom is -0.486 e. The molecule has 1 fully saturated rings. The first kappa shape index (κ1) is 14.7. The number of hydrogen-bond acceptors (Lipinski definition) is 4. The van der Waals surface area contributed by atoms with Gasteiger partial charge >= 0.3 is 0 Å². The largest absolute Gasteiger partial charge is 0.486 e. The van der Waals surface area contributed by atoms with Crippen LogP contribution in [-0.4, -0.2) is 43.8 Å². The van der Waals surface area contributed by atoms with Crippen LogP contribution >= 0.6 is 0 Å². The number of piperidine rings is 1. The molecule has 3 rings (SSSR count). The number of rotatable bonds is 4. The summed E-state index contributed by atoms with van der Waals surface area (Å²) < 4.78 is 11.3. The van der Waals surface area contributed by atoms with Crippen LogP contribution in [0.1, 0.15) is 37.7 Å². The van der Waals surface area contributed by atoms with E-state index in [-0.39, 0.29) is 0 Å². The number of likely N-dealkylation sites (N-methyl/N-ethyl adjacent to an activating group) is 1. The molecule has 2 aliphatic heterocycles. The zero-order valence-electron chi connectivity index (χ0n) is 12.9. The summed E-state index contributed by atoms with van der Waals surface area (Å²) >= 11 is 0. The van der Waals surface area contributed by atoms with E-state index in [9.17, 15) is 0 Å². The maximum atomic E-state index is 6.13. The second-order valence-electron chi connectivity index (χ2n) is 5.94. The fraction of sp³-hybridized carbons (Fsp3) is 0.647. The quantitative estimate of drug-likeness (QED) is 0.925. The van der Waals surface area contributed by atoms with Crippen LogP contribution in [-0.2, 0) is 0 Å². The van der Waals surface area contributed by atoms with Gasteiger partial charge in [0.25, 0.3) is 0 Å². The highest BCUT2D eigenvalue weighted by atomic mass is 16.6. The second kappa shape index (κ2) is 6.67. The molecule has 2 N–H and O–H groups in total. The molecule has 1 aromatic rings. The van der Waals surface area contributed by atoms with Crippen LogP contribution in [0.5, 0.6) is 11.5 Å². The van der Waals surface area contributed by atoms with Crippen LogP contribution in [0.3, 0.4) is 0 Å². The molecule has 4 heteroatoms. The number of benzene rings is 1. The number of likely N-dealkylation sites (tertiary alicyclic amines) is 1. The van der Waals surface area contributed by atoms with Gasteiger partial charge in [-0.2, -0.15) is 0 Å². The predicted octanol–water partition coefficient (Wildman–Crippen LogP) is 2.37. The van der Waals surface area contributed by atoms with Crippen molar-refractivity contribution >= 4 is 0 Å². The van der Waals surface area contributed by atoms with Gasteiger partial charge in [0.1, 0.15) is 13.2 Å². The molecule has 21 heavy (non-hydrogen) atoms. The minimum absolute atomic E-state index is 0.376. The van der Waals surface area contributed by atoms with Gasteiger partial charge in [-0.1, -0.05) is 19.4 Å². The van der Waals surface area contributed by atoms with E-state index in [1.807, 2.05) is 6.07 Å². The average Bonchev–Trinajstić information content (AvgIpc) is 2.56. The van der Waals surface area contributed by atoms with Gasteiger partial charge in [0.05, 0.1) is 0 Å². The molecular formula is C17H26N2O2. The van der Waals surface area contributed by atoms with Crippen molar-refractivity contribution in [2.45, 2.75) is 38.1 Å². The Bertz CT molecular complexity index is 478. The van der Waals surface area contributed by atoms with Crippen LogP contribution in [0.15, 0.2) is 18.2 Å². The number of hydrogen-bond donors (Lipinski definition) is 1. The fourth-order valence-corrected chi connectivity index (χ4v) is 3.67. The SMILES string of the molecule is CCN1CCCCC1C(CN)c1ccc2c(c1)OCCO2. The summed E-state index contributed by atoms with van der Waals surface area (Å²) in [5.41, 5.74) is 7.41. The first-order valence-corrected chi connectivity index (χ1v) is 8.17. The highest BCUT2D eigenvalue weighted by Crippen LogP contribution is 2.36. The molecule has 0 aromatic heterocycles. The third-order valence-corrected chi connectivity index (χ3v) is 4.78. The summed E-state index contributed by atoms with van der Waals surface area (Å²) in [4.78, 5) is 2.58. The Morgan fingerprint density at radius 1 is 1.24 bits per heavy atom. The summed E-state index contributed by atoms with van der Waals surface area (Å²) in [6.07, 6.45) is 3.86. The average molecular weight is 290 g/mol. The summed E-state index contributed by atoms with van der Waals surface area (Å²) in [7, 11) is 0. The van der Waals surface area contributed by atoms with Gasteiger partial charge in [-0.15, -0.1) is 0 Å². The van der Waals surface area contributed by atoms with E-state index < -0.39 is 0 Å². The van der Waals surface area contributed by atoms with Crippen LogP contribution < -0.4 is 15.2 Å². The molecule has 0 amide bonds. The smallest absolute Gasteiger partial charge is 0.161 e. The van der Waals surface area contributed by atoms with E-state index >= 15 is 0 Å². The van der Waals surface area contributed by atoms with Crippen molar-refractivity contribution in [2.24, 2.45) is 5.73 Å². The van der Waals surface area contributed by atoms with E-state index in [0.29, 0.717) is 31.7 Å². The fourth-order valence-electron chi connectivity index (χ4n) is 3.67. The lowest BCUT2D eigenvalue weighted by Crippen LogP contribution is -2.45. The van der Waals surface area contributed by atoms with E-state index in [1.54, 1.807) is 0 Å². The molecule has 2 aliphatic rings. The lowest BCUT2D eigenvalue weighted by Gasteiger charge is -2.40. The number of nitrogens with two attached hydrogens (primary N) is 1. The number of fused-ring (bicyclic) bond motifs is 1. The molecule has 4 nitrogen and oxygen atoms in total. The molecule has 0 aliphatic carbocycles. The van der Waals surface area contributed by atoms with Gasteiger partial charge in [0.2, 0.25) is 0 Å². The zero-order valence-corrected chi connectivity index (χ0v) is 12.9. The second-order valence-corrected chi connectivity index (χ2v) is 5.94. The van der Waals surface area contributed by atoms with Gasteiger partial charge in [0, 0.05) is 18.5 Å². The summed E-state index contributed by atoms with van der Waals surface area (Å²) in [6.45, 7) is 6.50. The Morgan fingerprint density at radius 2 is 2.05 bits per heavy atom. The third kappa shape index (κ3) is 3.01. The summed E-state index contributed by atoms with van der Waals surface area (Å²) in [5.74, 6) is 2.11. The molecule has 0 spiro atoms. The maximum absolute atomic E-state index is 6.13. The molecule has 116 valence electrons. The van der Waals surface area contributed by atoms with Crippen molar-refractivity contribution in [3.63, 3.8) is 0 Å². The van der Waals surface area contributed by atoms with E-state index in [0.717, 1.165) is 18.0 Å².